The Labute approximate surface area is 178 Å². The molecule has 160 valence electrons. The van der Waals surface area contributed by atoms with Gasteiger partial charge in [-0.3, -0.25) is 0 Å². The molecule has 6 heteroatoms. The summed E-state index contributed by atoms with van der Waals surface area (Å²) in [6, 6.07) is 12.5. The molecule has 2 N–H and O–H groups in total. The van der Waals surface area contributed by atoms with Gasteiger partial charge in [0.1, 0.15) is 11.6 Å². The van der Waals surface area contributed by atoms with Gasteiger partial charge in [0.25, 0.3) is 0 Å². The molecule has 2 saturated heterocycles. The smallest absolute Gasteiger partial charge is 0.123 e. The van der Waals surface area contributed by atoms with Crippen LogP contribution in [0.25, 0.3) is 0 Å². The Bertz CT molecular complexity index is 667. The second kappa shape index (κ2) is 12.2. The summed E-state index contributed by atoms with van der Waals surface area (Å²) >= 11 is 0. The number of nitrogens with one attached hydrogen (secondary N) is 2. The molecule has 4 rings (SSSR count). The van der Waals surface area contributed by atoms with Gasteiger partial charge in [0.15, 0.2) is 0 Å². The highest BCUT2D eigenvalue weighted by atomic mass is 35.5. The first-order chi connectivity index (χ1) is 13.7. The van der Waals surface area contributed by atoms with Crippen molar-refractivity contribution in [2.24, 2.45) is 5.41 Å². The molecule has 0 bridgehead atoms. The molecule has 0 radical (unpaired) electrons. The average Bonchev–Trinajstić information content (AvgIpc) is 2.70. The first-order valence-corrected chi connectivity index (χ1v) is 10.1. The van der Waals surface area contributed by atoms with Crippen molar-refractivity contribution in [1.29, 1.82) is 0 Å². The van der Waals surface area contributed by atoms with Crippen molar-refractivity contribution in [2.45, 2.75) is 38.9 Å². The molecular formula is C23H31ClF2N2O. The molecule has 0 aromatic heterocycles. The Hall–Kier alpha value is -1.53. The Morgan fingerprint density at radius 2 is 1.14 bits per heavy atom. The van der Waals surface area contributed by atoms with Gasteiger partial charge in [0.05, 0.1) is 13.2 Å². The summed E-state index contributed by atoms with van der Waals surface area (Å²) in [4.78, 5) is 0. The zero-order chi connectivity index (χ0) is 19.7. The molecule has 0 saturated carbocycles. The van der Waals surface area contributed by atoms with Gasteiger partial charge in [-0.1, -0.05) is 24.3 Å². The molecule has 2 heterocycles. The Kier molecular flexibility index (Phi) is 10.0. The van der Waals surface area contributed by atoms with Crippen LogP contribution < -0.4 is 10.6 Å². The van der Waals surface area contributed by atoms with Gasteiger partial charge < -0.3 is 15.4 Å². The van der Waals surface area contributed by atoms with E-state index in [2.05, 4.69) is 10.6 Å². The van der Waals surface area contributed by atoms with E-state index in [1.165, 1.54) is 76.1 Å². The lowest BCUT2D eigenvalue weighted by molar-refractivity contribution is 0.107. The van der Waals surface area contributed by atoms with Gasteiger partial charge in [-0.15, -0.1) is 12.4 Å². The molecule has 29 heavy (non-hydrogen) atoms. The third-order valence-corrected chi connectivity index (χ3v) is 5.64. The second-order valence-electron chi connectivity index (χ2n) is 7.75. The summed E-state index contributed by atoms with van der Waals surface area (Å²) in [6.07, 6.45) is 5.65. The summed E-state index contributed by atoms with van der Waals surface area (Å²) in [6.45, 7) is 5.63. The number of rotatable bonds is 4. The average molecular weight is 425 g/mol. The van der Waals surface area contributed by atoms with Crippen LogP contribution in [0.4, 0.5) is 8.78 Å². The van der Waals surface area contributed by atoms with Crippen LogP contribution in [0.5, 0.6) is 0 Å². The Morgan fingerprint density at radius 1 is 0.724 bits per heavy atom. The molecule has 0 unspecified atom stereocenters. The molecule has 0 amide bonds. The number of piperidine rings is 2. The van der Waals surface area contributed by atoms with Crippen LogP contribution in [-0.2, 0) is 18.0 Å². The topological polar surface area (TPSA) is 33.3 Å². The van der Waals surface area contributed by atoms with Crippen molar-refractivity contribution in [1.82, 2.24) is 10.6 Å². The molecule has 2 aliphatic heterocycles. The van der Waals surface area contributed by atoms with E-state index in [0.717, 1.165) is 16.5 Å². The van der Waals surface area contributed by atoms with Gasteiger partial charge in [-0.2, -0.15) is 0 Å². The van der Waals surface area contributed by atoms with Crippen molar-refractivity contribution in [3.05, 3.63) is 71.3 Å². The SMILES string of the molecule is C1CC2(CCN1)CCNCC2.Cl.Fc1cccc(COCc2cccc(F)c2)c1. The maximum atomic E-state index is 12.9. The maximum Gasteiger partial charge on any atom is 0.123 e. The van der Waals surface area contributed by atoms with Crippen molar-refractivity contribution in [2.75, 3.05) is 26.2 Å². The molecule has 3 nitrogen and oxygen atoms in total. The lowest BCUT2D eigenvalue weighted by atomic mass is 9.72. The summed E-state index contributed by atoms with van der Waals surface area (Å²) < 4.78 is 31.1. The van der Waals surface area contributed by atoms with Crippen molar-refractivity contribution in [3.8, 4) is 0 Å². The van der Waals surface area contributed by atoms with E-state index in [1.807, 2.05) is 0 Å². The Balaban J connectivity index is 0.000000217. The molecule has 0 atom stereocenters. The predicted octanol–water partition coefficient (Wildman–Crippen LogP) is 4.84. The van der Waals surface area contributed by atoms with Gasteiger partial charge >= 0.3 is 0 Å². The number of benzene rings is 2. The van der Waals surface area contributed by atoms with E-state index < -0.39 is 0 Å². The van der Waals surface area contributed by atoms with Gasteiger partial charge in [0.2, 0.25) is 0 Å². The summed E-state index contributed by atoms with van der Waals surface area (Å²) in [5.74, 6) is -0.561. The highest BCUT2D eigenvalue weighted by Gasteiger charge is 2.32. The number of ether oxygens (including phenoxy) is 1. The molecule has 0 aliphatic carbocycles. The van der Waals surface area contributed by atoms with Crippen LogP contribution in [0.2, 0.25) is 0 Å². The van der Waals surface area contributed by atoms with Gasteiger partial charge in [-0.05, 0) is 92.7 Å². The summed E-state index contributed by atoms with van der Waals surface area (Å²) in [7, 11) is 0. The number of halogens is 3. The standard InChI is InChI=1S/C14H12F2O.C9H18N2.ClH/c15-13-5-1-3-11(7-13)9-17-10-12-4-2-6-14(16)8-12;1-5-10-6-2-9(1)3-7-11-8-4-9;/h1-8H,9-10H2;10-11H,1-8H2;1H. The van der Waals surface area contributed by atoms with Crippen LogP contribution in [0, 0.1) is 17.0 Å². The third kappa shape index (κ3) is 8.01. The number of hydrogen-bond donors (Lipinski definition) is 2. The maximum absolute atomic E-state index is 12.9. The highest BCUT2D eigenvalue weighted by molar-refractivity contribution is 5.85. The lowest BCUT2D eigenvalue weighted by Crippen LogP contribution is -2.43. The molecule has 2 fully saturated rings. The third-order valence-electron chi connectivity index (χ3n) is 5.64. The minimum absolute atomic E-state index is 0. The second-order valence-corrected chi connectivity index (χ2v) is 7.75. The molecular weight excluding hydrogens is 394 g/mol. The van der Waals surface area contributed by atoms with Crippen LogP contribution in [0.15, 0.2) is 48.5 Å². The zero-order valence-electron chi connectivity index (χ0n) is 16.8. The van der Waals surface area contributed by atoms with Gasteiger partial charge in [0, 0.05) is 0 Å². The van der Waals surface area contributed by atoms with E-state index >= 15 is 0 Å². The van der Waals surface area contributed by atoms with Crippen LogP contribution in [0.1, 0.15) is 36.8 Å². The molecule has 2 aromatic carbocycles. The fourth-order valence-electron chi connectivity index (χ4n) is 3.95. The zero-order valence-corrected chi connectivity index (χ0v) is 17.6. The van der Waals surface area contributed by atoms with E-state index in [-0.39, 0.29) is 24.0 Å². The quantitative estimate of drug-likeness (QED) is 0.736. The van der Waals surface area contributed by atoms with E-state index in [1.54, 1.807) is 24.3 Å². The Morgan fingerprint density at radius 3 is 1.52 bits per heavy atom. The molecule has 2 aliphatic rings. The summed E-state index contributed by atoms with van der Waals surface area (Å²) in [5, 5.41) is 6.87. The minimum Gasteiger partial charge on any atom is -0.372 e. The van der Waals surface area contributed by atoms with Crippen molar-refractivity contribution >= 4 is 12.4 Å². The van der Waals surface area contributed by atoms with E-state index in [4.69, 9.17) is 4.74 Å². The van der Waals surface area contributed by atoms with Gasteiger partial charge in [-0.25, -0.2) is 8.78 Å². The van der Waals surface area contributed by atoms with Crippen molar-refractivity contribution < 1.29 is 13.5 Å². The fourth-order valence-corrected chi connectivity index (χ4v) is 3.95. The van der Waals surface area contributed by atoms with E-state index in [0.29, 0.717) is 13.2 Å². The highest BCUT2D eigenvalue weighted by Crippen LogP contribution is 2.37. The first-order valence-electron chi connectivity index (χ1n) is 10.1. The van der Waals surface area contributed by atoms with Crippen LogP contribution >= 0.6 is 12.4 Å². The van der Waals surface area contributed by atoms with Crippen molar-refractivity contribution in [3.63, 3.8) is 0 Å². The first kappa shape index (κ1) is 23.7. The van der Waals surface area contributed by atoms with Crippen LogP contribution in [-0.4, -0.2) is 26.2 Å². The fraction of sp³-hybridized carbons (Fsp3) is 0.478. The summed E-state index contributed by atoms with van der Waals surface area (Å²) in [5.41, 5.74) is 2.26. The molecule has 2 aromatic rings. The molecule has 1 spiro atoms. The van der Waals surface area contributed by atoms with Crippen LogP contribution in [0.3, 0.4) is 0 Å². The lowest BCUT2D eigenvalue weighted by Gasteiger charge is -2.41. The minimum atomic E-state index is -0.281. The van der Waals surface area contributed by atoms with E-state index in [9.17, 15) is 8.78 Å². The monoisotopic (exact) mass is 424 g/mol. The largest absolute Gasteiger partial charge is 0.372 e. The normalized spacial score (nSPS) is 17.7. The predicted molar refractivity (Wildman–Crippen MR) is 115 cm³/mol. The number of hydrogen-bond acceptors (Lipinski definition) is 3.